The van der Waals surface area contributed by atoms with Crippen LogP contribution in [0.5, 0.6) is 0 Å². The number of hydrogen-bond donors (Lipinski definition) is 2. The standard InChI is InChI=1S/C14H21ClN2O/c1-3-12(10-16-2)14(18)17-9-8-11-4-6-13(15)7-5-11/h4-7,12,16H,3,8-10H2,1-2H3,(H,17,18). The van der Waals surface area contributed by atoms with Crippen LogP contribution in [0.4, 0.5) is 0 Å². The molecule has 2 N–H and O–H groups in total. The highest BCUT2D eigenvalue weighted by Gasteiger charge is 2.14. The molecule has 0 spiro atoms. The molecular formula is C14H21ClN2O. The van der Waals surface area contributed by atoms with Gasteiger partial charge in [-0.25, -0.2) is 0 Å². The van der Waals surface area contributed by atoms with Crippen LogP contribution in [-0.4, -0.2) is 26.0 Å². The van der Waals surface area contributed by atoms with Gasteiger partial charge in [0.25, 0.3) is 0 Å². The zero-order valence-corrected chi connectivity index (χ0v) is 11.8. The minimum absolute atomic E-state index is 0.0558. The van der Waals surface area contributed by atoms with Crippen LogP contribution in [0.1, 0.15) is 18.9 Å². The summed E-state index contributed by atoms with van der Waals surface area (Å²) < 4.78 is 0. The van der Waals surface area contributed by atoms with E-state index in [0.29, 0.717) is 6.54 Å². The predicted octanol–water partition coefficient (Wildman–Crippen LogP) is 2.24. The molecule has 1 aromatic carbocycles. The van der Waals surface area contributed by atoms with Crippen molar-refractivity contribution in [2.24, 2.45) is 5.92 Å². The van der Waals surface area contributed by atoms with E-state index in [-0.39, 0.29) is 11.8 Å². The molecule has 0 bridgehead atoms. The van der Waals surface area contributed by atoms with E-state index in [9.17, 15) is 4.79 Å². The van der Waals surface area contributed by atoms with Crippen LogP contribution in [-0.2, 0) is 11.2 Å². The monoisotopic (exact) mass is 268 g/mol. The van der Waals surface area contributed by atoms with Gasteiger partial charge in [0.1, 0.15) is 0 Å². The molecule has 0 radical (unpaired) electrons. The molecule has 0 aliphatic heterocycles. The van der Waals surface area contributed by atoms with E-state index in [0.717, 1.165) is 24.4 Å². The van der Waals surface area contributed by atoms with Crippen LogP contribution in [0.3, 0.4) is 0 Å². The van der Waals surface area contributed by atoms with Crippen molar-refractivity contribution < 1.29 is 4.79 Å². The van der Waals surface area contributed by atoms with Crippen molar-refractivity contribution in [3.05, 3.63) is 34.9 Å². The van der Waals surface area contributed by atoms with Gasteiger partial charge in [-0.2, -0.15) is 0 Å². The molecule has 1 atom stereocenters. The van der Waals surface area contributed by atoms with Gasteiger partial charge in [0.05, 0.1) is 5.92 Å². The van der Waals surface area contributed by atoms with Gasteiger partial charge in [-0.05, 0) is 37.6 Å². The zero-order valence-electron chi connectivity index (χ0n) is 11.0. The Bertz CT molecular complexity index is 365. The van der Waals surface area contributed by atoms with E-state index < -0.39 is 0 Å². The van der Waals surface area contributed by atoms with E-state index in [1.54, 1.807) is 0 Å². The van der Waals surface area contributed by atoms with E-state index in [1.165, 1.54) is 5.56 Å². The van der Waals surface area contributed by atoms with Crippen LogP contribution in [0.15, 0.2) is 24.3 Å². The molecule has 4 heteroatoms. The molecule has 1 amide bonds. The number of carbonyl (C=O) groups excluding carboxylic acids is 1. The maximum atomic E-state index is 11.8. The van der Waals surface area contributed by atoms with E-state index in [1.807, 2.05) is 38.2 Å². The number of rotatable bonds is 7. The first-order chi connectivity index (χ1) is 8.67. The molecule has 100 valence electrons. The Labute approximate surface area is 114 Å². The van der Waals surface area contributed by atoms with Crippen LogP contribution < -0.4 is 10.6 Å². The number of hydrogen-bond acceptors (Lipinski definition) is 2. The third-order valence-corrected chi connectivity index (χ3v) is 3.19. The minimum Gasteiger partial charge on any atom is -0.355 e. The van der Waals surface area contributed by atoms with Gasteiger partial charge in [-0.1, -0.05) is 30.7 Å². The third-order valence-electron chi connectivity index (χ3n) is 2.94. The fourth-order valence-electron chi connectivity index (χ4n) is 1.79. The van der Waals surface area contributed by atoms with Crippen molar-refractivity contribution in [2.75, 3.05) is 20.1 Å². The molecule has 3 nitrogen and oxygen atoms in total. The molecular weight excluding hydrogens is 248 g/mol. The van der Waals surface area contributed by atoms with Gasteiger partial charge in [-0.15, -0.1) is 0 Å². The summed E-state index contributed by atoms with van der Waals surface area (Å²) in [5.74, 6) is 0.182. The Hall–Kier alpha value is -1.06. The highest BCUT2D eigenvalue weighted by atomic mass is 35.5. The molecule has 0 heterocycles. The molecule has 0 aliphatic rings. The van der Waals surface area contributed by atoms with Crippen molar-refractivity contribution in [1.82, 2.24) is 10.6 Å². The molecule has 0 aromatic heterocycles. The molecule has 1 aromatic rings. The summed E-state index contributed by atoms with van der Waals surface area (Å²) in [6.07, 6.45) is 1.69. The van der Waals surface area contributed by atoms with E-state index in [2.05, 4.69) is 10.6 Å². The van der Waals surface area contributed by atoms with Gasteiger partial charge < -0.3 is 10.6 Å². The first-order valence-electron chi connectivity index (χ1n) is 6.34. The molecule has 18 heavy (non-hydrogen) atoms. The van der Waals surface area contributed by atoms with Crippen LogP contribution >= 0.6 is 11.6 Å². The van der Waals surface area contributed by atoms with Crippen LogP contribution in [0, 0.1) is 5.92 Å². The zero-order chi connectivity index (χ0) is 13.4. The van der Waals surface area contributed by atoms with Crippen molar-refractivity contribution in [2.45, 2.75) is 19.8 Å². The topological polar surface area (TPSA) is 41.1 Å². The second kappa shape index (κ2) is 8.11. The average Bonchev–Trinajstić information content (AvgIpc) is 2.38. The Morgan fingerprint density at radius 1 is 1.33 bits per heavy atom. The highest BCUT2D eigenvalue weighted by Crippen LogP contribution is 2.09. The third kappa shape index (κ3) is 5.07. The van der Waals surface area contributed by atoms with Crippen LogP contribution in [0.2, 0.25) is 5.02 Å². The molecule has 0 saturated heterocycles. The largest absolute Gasteiger partial charge is 0.355 e. The molecule has 0 aliphatic carbocycles. The first kappa shape index (κ1) is 15.0. The van der Waals surface area contributed by atoms with Gasteiger partial charge >= 0.3 is 0 Å². The number of benzene rings is 1. The Morgan fingerprint density at radius 3 is 2.56 bits per heavy atom. The molecule has 0 fully saturated rings. The van der Waals surface area contributed by atoms with Gasteiger partial charge in [0.2, 0.25) is 5.91 Å². The fourth-order valence-corrected chi connectivity index (χ4v) is 1.92. The summed E-state index contributed by atoms with van der Waals surface area (Å²) in [7, 11) is 1.86. The van der Waals surface area contributed by atoms with Crippen LogP contribution in [0.25, 0.3) is 0 Å². The normalized spacial score (nSPS) is 12.2. The maximum absolute atomic E-state index is 11.8. The number of halogens is 1. The Morgan fingerprint density at radius 2 is 2.00 bits per heavy atom. The quantitative estimate of drug-likeness (QED) is 0.796. The summed E-state index contributed by atoms with van der Waals surface area (Å²) >= 11 is 5.81. The summed E-state index contributed by atoms with van der Waals surface area (Å²) in [5, 5.41) is 6.75. The smallest absolute Gasteiger partial charge is 0.224 e. The lowest BCUT2D eigenvalue weighted by Crippen LogP contribution is -2.36. The lowest BCUT2D eigenvalue weighted by atomic mass is 10.1. The minimum atomic E-state index is 0.0558. The maximum Gasteiger partial charge on any atom is 0.224 e. The summed E-state index contributed by atoms with van der Waals surface area (Å²) in [5.41, 5.74) is 1.18. The lowest BCUT2D eigenvalue weighted by Gasteiger charge is -2.14. The SMILES string of the molecule is CCC(CNC)C(=O)NCCc1ccc(Cl)cc1. The van der Waals surface area contributed by atoms with Gasteiger partial charge in [0.15, 0.2) is 0 Å². The van der Waals surface area contributed by atoms with Crippen molar-refractivity contribution in [3.63, 3.8) is 0 Å². The second-order valence-corrected chi connectivity index (χ2v) is 4.77. The van der Waals surface area contributed by atoms with Gasteiger partial charge in [0, 0.05) is 18.1 Å². The van der Waals surface area contributed by atoms with Crippen molar-refractivity contribution >= 4 is 17.5 Å². The average molecular weight is 269 g/mol. The van der Waals surface area contributed by atoms with Gasteiger partial charge in [-0.3, -0.25) is 4.79 Å². The summed E-state index contributed by atoms with van der Waals surface area (Å²) in [4.78, 5) is 11.8. The first-order valence-corrected chi connectivity index (χ1v) is 6.72. The second-order valence-electron chi connectivity index (χ2n) is 4.33. The number of nitrogens with one attached hydrogen (secondary N) is 2. The summed E-state index contributed by atoms with van der Waals surface area (Å²) in [6.45, 7) is 3.42. The van der Waals surface area contributed by atoms with E-state index >= 15 is 0 Å². The molecule has 1 rings (SSSR count). The number of carbonyl (C=O) groups is 1. The predicted molar refractivity (Wildman–Crippen MR) is 75.9 cm³/mol. The molecule has 1 unspecified atom stereocenters. The van der Waals surface area contributed by atoms with Crippen molar-refractivity contribution in [3.8, 4) is 0 Å². The fraction of sp³-hybridized carbons (Fsp3) is 0.500. The molecule has 0 saturated carbocycles. The van der Waals surface area contributed by atoms with E-state index in [4.69, 9.17) is 11.6 Å². The summed E-state index contributed by atoms with van der Waals surface area (Å²) in [6, 6.07) is 7.71. The highest BCUT2D eigenvalue weighted by molar-refractivity contribution is 6.30. The Balaban J connectivity index is 2.32. The Kier molecular flexibility index (Phi) is 6.76. The van der Waals surface area contributed by atoms with Crippen molar-refractivity contribution in [1.29, 1.82) is 0 Å². The lowest BCUT2D eigenvalue weighted by molar-refractivity contribution is -0.124. The number of amides is 1.